The van der Waals surface area contributed by atoms with Crippen molar-refractivity contribution in [2.45, 2.75) is 26.2 Å². The number of H-pyrrole nitrogens is 1. The molecule has 156 valence electrons. The number of nitrogens with zero attached hydrogens (tertiary/aromatic N) is 2. The van der Waals surface area contributed by atoms with Crippen LogP contribution in [0.5, 0.6) is 0 Å². The molecule has 6 nitrogen and oxygen atoms in total. The van der Waals surface area contributed by atoms with Crippen LogP contribution in [0.1, 0.15) is 34.5 Å². The molecule has 0 saturated carbocycles. The first-order valence-corrected chi connectivity index (χ1v) is 11.1. The van der Waals surface area contributed by atoms with E-state index in [0.29, 0.717) is 25.1 Å². The molecule has 1 aliphatic heterocycles. The number of amides is 2. The second kappa shape index (κ2) is 8.44. The first-order chi connectivity index (χ1) is 14.5. The third-order valence-corrected chi connectivity index (χ3v) is 6.87. The fraction of sp³-hybridized carbons (Fsp3) is 0.348. The molecular weight excluding hydrogens is 396 g/mol. The van der Waals surface area contributed by atoms with Crippen LogP contribution in [-0.2, 0) is 11.2 Å². The Hall–Kier alpha value is -2.93. The summed E-state index contributed by atoms with van der Waals surface area (Å²) in [4.78, 5) is 29.3. The van der Waals surface area contributed by atoms with Crippen LogP contribution in [0.2, 0.25) is 0 Å². The van der Waals surface area contributed by atoms with Crippen molar-refractivity contribution in [3.8, 4) is 10.4 Å². The second-order valence-corrected chi connectivity index (χ2v) is 8.86. The normalized spacial score (nSPS) is 18.9. The minimum absolute atomic E-state index is 0.00935. The molecule has 1 atom stereocenters. The minimum Gasteiger partial charge on any atom is -0.359 e. The van der Waals surface area contributed by atoms with Crippen LogP contribution < -0.4 is 5.32 Å². The van der Waals surface area contributed by atoms with E-state index in [9.17, 15) is 9.59 Å². The Labute approximate surface area is 180 Å². The molecule has 2 amide bonds. The molecule has 0 aliphatic carbocycles. The maximum Gasteiger partial charge on any atom is 0.257 e. The number of aromatic nitrogens is 2. The molecule has 0 unspecified atom stereocenters. The van der Waals surface area contributed by atoms with Crippen LogP contribution in [0.25, 0.3) is 10.4 Å². The van der Waals surface area contributed by atoms with E-state index in [0.717, 1.165) is 29.7 Å². The lowest BCUT2D eigenvalue weighted by atomic mass is 9.73. The zero-order chi connectivity index (χ0) is 21.1. The number of hydrogen-bond donors (Lipinski definition) is 2. The van der Waals surface area contributed by atoms with Crippen LogP contribution in [0.15, 0.2) is 48.0 Å². The summed E-state index contributed by atoms with van der Waals surface area (Å²) in [6.07, 6.45) is 3.70. The fourth-order valence-corrected chi connectivity index (χ4v) is 5.22. The Kier molecular flexibility index (Phi) is 5.72. The Morgan fingerprint density at radius 3 is 2.80 bits per heavy atom. The topological polar surface area (TPSA) is 78.1 Å². The molecule has 2 aromatic heterocycles. The molecule has 1 saturated heterocycles. The number of aryl methyl sites for hydroxylation is 1. The van der Waals surface area contributed by atoms with Crippen molar-refractivity contribution >= 4 is 23.2 Å². The molecule has 30 heavy (non-hydrogen) atoms. The maximum absolute atomic E-state index is 13.1. The van der Waals surface area contributed by atoms with E-state index >= 15 is 0 Å². The molecule has 4 rings (SSSR count). The van der Waals surface area contributed by atoms with Crippen LogP contribution in [0.4, 0.5) is 0 Å². The molecule has 1 aromatic carbocycles. The number of carbonyl (C=O) groups excluding carboxylic acids is 2. The highest BCUT2D eigenvalue weighted by Crippen LogP contribution is 2.38. The predicted molar refractivity (Wildman–Crippen MR) is 118 cm³/mol. The number of carbonyl (C=O) groups is 2. The Bertz CT molecular complexity index is 1040. The highest BCUT2D eigenvalue weighted by molar-refractivity contribution is 7.13. The largest absolute Gasteiger partial charge is 0.359 e. The lowest BCUT2D eigenvalue weighted by Gasteiger charge is -2.42. The summed E-state index contributed by atoms with van der Waals surface area (Å²) in [6.45, 7) is 2.89. The Morgan fingerprint density at radius 2 is 2.10 bits per heavy atom. The Balaban J connectivity index is 1.67. The van der Waals surface area contributed by atoms with Crippen molar-refractivity contribution in [1.82, 2.24) is 20.4 Å². The van der Waals surface area contributed by atoms with E-state index in [1.54, 1.807) is 24.6 Å². The number of benzene rings is 1. The van der Waals surface area contributed by atoms with Crippen molar-refractivity contribution < 1.29 is 9.59 Å². The highest BCUT2D eigenvalue weighted by Gasteiger charge is 2.43. The third-order valence-electron chi connectivity index (χ3n) is 5.97. The minimum atomic E-state index is -0.659. The van der Waals surface area contributed by atoms with Gasteiger partial charge in [-0.3, -0.25) is 14.7 Å². The number of nitrogens with one attached hydrogen (secondary N) is 2. The molecule has 2 N–H and O–H groups in total. The first kappa shape index (κ1) is 20.3. The molecule has 1 fully saturated rings. The zero-order valence-electron chi connectivity index (χ0n) is 17.3. The van der Waals surface area contributed by atoms with Gasteiger partial charge in [0, 0.05) is 30.7 Å². The van der Waals surface area contributed by atoms with Gasteiger partial charge in [0.1, 0.15) is 0 Å². The van der Waals surface area contributed by atoms with Crippen molar-refractivity contribution in [3.05, 3.63) is 64.8 Å². The van der Waals surface area contributed by atoms with E-state index in [1.807, 2.05) is 30.0 Å². The third kappa shape index (κ3) is 3.77. The SMILES string of the molecule is CNC(=O)[C@@]1(Cc2ccccc2-c2cccs2)CCCN(C(=O)c2cn[nH]c2C)C1. The maximum atomic E-state index is 13.1. The van der Waals surface area contributed by atoms with Gasteiger partial charge >= 0.3 is 0 Å². The van der Waals surface area contributed by atoms with Crippen LogP contribution >= 0.6 is 11.3 Å². The van der Waals surface area contributed by atoms with E-state index in [4.69, 9.17) is 0 Å². The van der Waals surface area contributed by atoms with Crippen molar-refractivity contribution in [3.63, 3.8) is 0 Å². The van der Waals surface area contributed by atoms with Crippen molar-refractivity contribution in [2.75, 3.05) is 20.1 Å². The molecular formula is C23H26N4O2S. The van der Waals surface area contributed by atoms with Gasteiger partial charge < -0.3 is 10.2 Å². The van der Waals surface area contributed by atoms with Crippen LogP contribution in [0, 0.1) is 12.3 Å². The summed E-state index contributed by atoms with van der Waals surface area (Å²) in [7, 11) is 1.68. The number of thiophene rings is 1. The van der Waals surface area contributed by atoms with Gasteiger partial charge in [0.15, 0.2) is 0 Å². The van der Waals surface area contributed by atoms with Gasteiger partial charge in [0.25, 0.3) is 5.91 Å². The molecule has 3 aromatic rings. The predicted octanol–water partition coefficient (Wildman–Crippen LogP) is 3.66. The zero-order valence-corrected chi connectivity index (χ0v) is 18.1. The van der Waals surface area contributed by atoms with Gasteiger partial charge in [-0.1, -0.05) is 30.3 Å². The van der Waals surface area contributed by atoms with Crippen molar-refractivity contribution in [2.24, 2.45) is 5.41 Å². The summed E-state index contributed by atoms with van der Waals surface area (Å²) < 4.78 is 0. The molecule has 7 heteroatoms. The summed E-state index contributed by atoms with van der Waals surface area (Å²) in [5.41, 5.74) is 2.95. The number of piperidine rings is 1. The van der Waals surface area contributed by atoms with Gasteiger partial charge in [-0.05, 0) is 48.8 Å². The molecule has 0 spiro atoms. The summed E-state index contributed by atoms with van der Waals surface area (Å²) in [5, 5.41) is 11.7. The van der Waals surface area contributed by atoms with Crippen molar-refractivity contribution in [1.29, 1.82) is 0 Å². The molecule has 1 aliphatic rings. The average Bonchev–Trinajstić information content (AvgIpc) is 3.45. The number of hydrogen-bond acceptors (Lipinski definition) is 4. The monoisotopic (exact) mass is 422 g/mol. The summed E-state index contributed by atoms with van der Waals surface area (Å²) in [5.74, 6) is -0.0781. The highest BCUT2D eigenvalue weighted by atomic mass is 32.1. The van der Waals surface area contributed by atoms with E-state index in [2.05, 4.69) is 39.1 Å². The quantitative estimate of drug-likeness (QED) is 0.659. The molecule has 0 radical (unpaired) electrons. The average molecular weight is 423 g/mol. The molecule has 0 bridgehead atoms. The lowest BCUT2D eigenvalue weighted by molar-refractivity contribution is -0.133. The Morgan fingerprint density at radius 1 is 1.27 bits per heavy atom. The summed E-state index contributed by atoms with van der Waals surface area (Å²) in [6, 6.07) is 12.4. The summed E-state index contributed by atoms with van der Waals surface area (Å²) >= 11 is 1.70. The standard InChI is InChI=1S/C23H26N4O2S/c1-16-19(14-25-26-16)21(28)27-11-6-10-23(15-27,22(29)24-2)13-17-7-3-4-8-18(17)20-9-5-12-30-20/h3-5,7-9,12,14H,6,10-11,13,15H2,1-2H3,(H,24,29)(H,25,26)/t23-/m1/s1. The van der Waals surface area contributed by atoms with Gasteiger partial charge in [0.05, 0.1) is 17.2 Å². The van der Waals surface area contributed by atoms with Crippen LogP contribution in [0.3, 0.4) is 0 Å². The lowest BCUT2D eigenvalue weighted by Crippen LogP contribution is -2.54. The van der Waals surface area contributed by atoms with Gasteiger partial charge in [0.2, 0.25) is 5.91 Å². The van der Waals surface area contributed by atoms with E-state index in [-0.39, 0.29) is 11.8 Å². The van der Waals surface area contributed by atoms with Gasteiger partial charge in [-0.2, -0.15) is 5.10 Å². The molecule has 3 heterocycles. The van der Waals surface area contributed by atoms with Gasteiger partial charge in [-0.15, -0.1) is 11.3 Å². The smallest absolute Gasteiger partial charge is 0.257 e. The fourth-order valence-electron chi connectivity index (χ4n) is 4.43. The van der Waals surface area contributed by atoms with Crippen LogP contribution in [-0.4, -0.2) is 47.0 Å². The number of rotatable bonds is 5. The van der Waals surface area contributed by atoms with E-state index in [1.165, 1.54) is 4.88 Å². The van der Waals surface area contributed by atoms with Gasteiger partial charge in [-0.25, -0.2) is 0 Å². The number of aromatic amines is 1. The first-order valence-electron chi connectivity index (χ1n) is 10.2. The second-order valence-electron chi connectivity index (χ2n) is 7.91. The van der Waals surface area contributed by atoms with E-state index < -0.39 is 5.41 Å². The number of likely N-dealkylation sites (tertiary alicyclic amines) is 1.